The van der Waals surface area contributed by atoms with Gasteiger partial charge in [0.25, 0.3) is 5.91 Å². The summed E-state index contributed by atoms with van der Waals surface area (Å²) in [5.74, 6) is 1.52. The summed E-state index contributed by atoms with van der Waals surface area (Å²) < 4.78 is 2.09. The summed E-state index contributed by atoms with van der Waals surface area (Å²) in [5.41, 5.74) is 3.90. The first kappa shape index (κ1) is 17.9. The van der Waals surface area contributed by atoms with Gasteiger partial charge in [0.15, 0.2) is 0 Å². The number of imidazole rings is 1. The number of hydrogen-bond acceptors (Lipinski definition) is 2. The van der Waals surface area contributed by atoms with Crippen molar-refractivity contribution >= 4 is 11.6 Å². The SMILES string of the molecule is Cc1nccn1Cc1ccc(NC(=O)c2ccc(CC(C)C)cc2)cc1. The summed E-state index contributed by atoms with van der Waals surface area (Å²) in [4.78, 5) is 16.6. The lowest BCUT2D eigenvalue weighted by atomic mass is 10.0. The van der Waals surface area contributed by atoms with Gasteiger partial charge in [-0.05, 0) is 54.7 Å². The van der Waals surface area contributed by atoms with Crippen molar-refractivity contribution in [1.82, 2.24) is 9.55 Å². The summed E-state index contributed by atoms with van der Waals surface area (Å²) in [6.07, 6.45) is 4.80. The van der Waals surface area contributed by atoms with Crippen LogP contribution >= 0.6 is 0 Å². The zero-order valence-corrected chi connectivity index (χ0v) is 15.6. The van der Waals surface area contributed by atoms with Gasteiger partial charge in [0.2, 0.25) is 0 Å². The Balaban J connectivity index is 1.61. The van der Waals surface area contributed by atoms with Crippen molar-refractivity contribution in [2.24, 2.45) is 5.92 Å². The van der Waals surface area contributed by atoms with Crippen LogP contribution in [0.3, 0.4) is 0 Å². The second-order valence-electron chi connectivity index (χ2n) is 7.05. The first-order chi connectivity index (χ1) is 12.5. The van der Waals surface area contributed by atoms with Gasteiger partial charge in [0, 0.05) is 30.2 Å². The number of nitrogens with zero attached hydrogens (tertiary/aromatic N) is 2. The van der Waals surface area contributed by atoms with Gasteiger partial charge in [-0.1, -0.05) is 38.1 Å². The number of hydrogen-bond donors (Lipinski definition) is 1. The fourth-order valence-corrected chi connectivity index (χ4v) is 2.93. The van der Waals surface area contributed by atoms with E-state index in [-0.39, 0.29) is 5.91 Å². The number of aryl methyl sites for hydroxylation is 1. The average molecular weight is 347 g/mol. The highest BCUT2D eigenvalue weighted by molar-refractivity contribution is 6.04. The predicted octanol–water partition coefficient (Wildman–Crippen LogP) is 4.69. The molecule has 0 bridgehead atoms. The van der Waals surface area contributed by atoms with Gasteiger partial charge >= 0.3 is 0 Å². The Kier molecular flexibility index (Phi) is 5.52. The largest absolute Gasteiger partial charge is 0.331 e. The van der Waals surface area contributed by atoms with Crippen LogP contribution in [0.2, 0.25) is 0 Å². The maximum Gasteiger partial charge on any atom is 0.255 e. The third-order valence-corrected chi connectivity index (χ3v) is 4.35. The molecule has 4 nitrogen and oxygen atoms in total. The van der Waals surface area contributed by atoms with Gasteiger partial charge in [0.1, 0.15) is 5.82 Å². The Labute approximate surface area is 154 Å². The smallest absolute Gasteiger partial charge is 0.255 e. The molecule has 0 saturated carbocycles. The van der Waals surface area contributed by atoms with E-state index in [9.17, 15) is 4.79 Å². The van der Waals surface area contributed by atoms with Crippen molar-refractivity contribution in [2.45, 2.75) is 33.7 Å². The van der Waals surface area contributed by atoms with Gasteiger partial charge in [-0.25, -0.2) is 4.98 Å². The molecule has 3 rings (SSSR count). The minimum atomic E-state index is -0.0840. The van der Waals surface area contributed by atoms with Crippen LogP contribution in [0, 0.1) is 12.8 Å². The molecule has 0 aliphatic carbocycles. The van der Waals surface area contributed by atoms with Crippen LogP contribution < -0.4 is 5.32 Å². The highest BCUT2D eigenvalue weighted by atomic mass is 16.1. The number of nitrogens with one attached hydrogen (secondary N) is 1. The Hall–Kier alpha value is -2.88. The molecular weight excluding hydrogens is 322 g/mol. The molecule has 0 atom stereocenters. The van der Waals surface area contributed by atoms with Gasteiger partial charge < -0.3 is 9.88 Å². The number of aromatic nitrogens is 2. The molecule has 26 heavy (non-hydrogen) atoms. The Morgan fingerprint density at radius 2 is 1.69 bits per heavy atom. The molecule has 2 aromatic carbocycles. The zero-order valence-electron chi connectivity index (χ0n) is 15.6. The fourth-order valence-electron chi connectivity index (χ4n) is 2.93. The number of carbonyl (C=O) groups excluding carboxylic acids is 1. The minimum Gasteiger partial charge on any atom is -0.331 e. The van der Waals surface area contributed by atoms with Crippen LogP contribution in [0.5, 0.6) is 0 Å². The Morgan fingerprint density at radius 3 is 2.27 bits per heavy atom. The molecule has 1 aromatic heterocycles. The molecule has 1 amide bonds. The lowest BCUT2D eigenvalue weighted by Crippen LogP contribution is -2.12. The van der Waals surface area contributed by atoms with Crippen molar-refractivity contribution in [3.05, 3.63) is 83.4 Å². The van der Waals surface area contributed by atoms with Gasteiger partial charge in [-0.2, -0.15) is 0 Å². The number of rotatable bonds is 6. The van der Waals surface area contributed by atoms with Gasteiger partial charge in [-0.15, -0.1) is 0 Å². The lowest BCUT2D eigenvalue weighted by Gasteiger charge is -2.09. The molecule has 134 valence electrons. The van der Waals surface area contributed by atoms with E-state index in [2.05, 4.69) is 28.7 Å². The molecular formula is C22H25N3O. The third kappa shape index (κ3) is 4.60. The normalized spacial score (nSPS) is 10.9. The van der Waals surface area contributed by atoms with Crippen molar-refractivity contribution in [3.63, 3.8) is 0 Å². The van der Waals surface area contributed by atoms with Crippen LogP contribution in [0.25, 0.3) is 0 Å². The van der Waals surface area contributed by atoms with Gasteiger partial charge in [0.05, 0.1) is 0 Å². The second-order valence-corrected chi connectivity index (χ2v) is 7.05. The predicted molar refractivity (Wildman–Crippen MR) is 105 cm³/mol. The van der Waals surface area contributed by atoms with E-state index in [1.807, 2.05) is 61.7 Å². The van der Waals surface area contributed by atoms with E-state index < -0.39 is 0 Å². The number of anilines is 1. The standard InChI is InChI=1S/C22H25N3O/c1-16(2)14-18-4-8-20(9-5-18)22(26)24-21-10-6-19(7-11-21)15-25-13-12-23-17(25)3/h4-13,16H,14-15H2,1-3H3,(H,24,26). The molecule has 0 fully saturated rings. The molecule has 3 aromatic rings. The average Bonchev–Trinajstić information content (AvgIpc) is 3.01. The molecule has 1 heterocycles. The third-order valence-electron chi connectivity index (χ3n) is 4.35. The zero-order chi connectivity index (χ0) is 18.5. The van der Waals surface area contributed by atoms with E-state index in [0.717, 1.165) is 24.5 Å². The molecule has 0 radical (unpaired) electrons. The summed E-state index contributed by atoms with van der Waals surface area (Å²) in [6, 6.07) is 15.8. The van der Waals surface area contributed by atoms with E-state index in [1.54, 1.807) is 6.20 Å². The molecule has 0 aliphatic heterocycles. The van der Waals surface area contributed by atoms with Crippen molar-refractivity contribution in [2.75, 3.05) is 5.32 Å². The number of amides is 1. The molecule has 0 spiro atoms. The minimum absolute atomic E-state index is 0.0840. The Morgan fingerprint density at radius 1 is 1.04 bits per heavy atom. The van der Waals surface area contributed by atoms with Crippen molar-refractivity contribution in [3.8, 4) is 0 Å². The second kappa shape index (κ2) is 8.00. The summed E-state index contributed by atoms with van der Waals surface area (Å²) in [7, 11) is 0. The first-order valence-electron chi connectivity index (χ1n) is 8.98. The van der Waals surface area contributed by atoms with Crippen LogP contribution in [0.4, 0.5) is 5.69 Å². The molecule has 0 aliphatic rings. The summed E-state index contributed by atoms with van der Waals surface area (Å²) in [5, 5.41) is 2.96. The highest BCUT2D eigenvalue weighted by Crippen LogP contribution is 2.14. The number of benzene rings is 2. The maximum absolute atomic E-state index is 12.4. The quantitative estimate of drug-likeness (QED) is 0.703. The van der Waals surface area contributed by atoms with E-state index in [1.165, 1.54) is 11.1 Å². The van der Waals surface area contributed by atoms with Crippen LogP contribution in [-0.4, -0.2) is 15.5 Å². The summed E-state index contributed by atoms with van der Waals surface area (Å²) >= 11 is 0. The van der Waals surface area contributed by atoms with E-state index in [4.69, 9.17) is 0 Å². The Bertz CT molecular complexity index is 861. The molecule has 0 unspecified atom stereocenters. The van der Waals surface area contributed by atoms with E-state index >= 15 is 0 Å². The van der Waals surface area contributed by atoms with Crippen LogP contribution in [0.1, 0.15) is 41.2 Å². The molecule has 1 N–H and O–H groups in total. The van der Waals surface area contributed by atoms with Gasteiger partial charge in [-0.3, -0.25) is 4.79 Å². The number of carbonyl (C=O) groups is 1. The van der Waals surface area contributed by atoms with Crippen LogP contribution in [0.15, 0.2) is 60.9 Å². The fraction of sp³-hybridized carbons (Fsp3) is 0.273. The highest BCUT2D eigenvalue weighted by Gasteiger charge is 2.07. The van der Waals surface area contributed by atoms with Crippen molar-refractivity contribution in [1.29, 1.82) is 0 Å². The lowest BCUT2D eigenvalue weighted by molar-refractivity contribution is 0.102. The molecule has 4 heteroatoms. The topological polar surface area (TPSA) is 46.9 Å². The van der Waals surface area contributed by atoms with Crippen LogP contribution in [-0.2, 0) is 13.0 Å². The van der Waals surface area contributed by atoms with E-state index in [0.29, 0.717) is 11.5 Å². The first-order valence-corrected chi connectivity index (χ1v) is 8.98. The monoisotopic (exact) mass is 347 g/mol. The molecule has 0 saturated heterocycles. The summed E-state index contributed by atoms with van der Waals surface area (Å²) in [6.45, 7) is 7.15. The maximum atomic E-state index is 12.4. The van der Waals surface area contributed by atoms with Crippen molar-refractivity contribution < 1.29 is 4.79 Å².